The number of aromatic nitrogens is 2. The number of hydrogen-bond acceptors (Lipinski definition) is 6. The zero-order valence-corrected chi connectivity index (χ0v) is 19.1. The molecule has 1 aromatic heterocycles. The average Bonchev–Trinajstić information content (AvgIpc) is 2.82. The van der Waals surface area contributed by atoms with Gasteiger partial charge in [0.05, 0.1) is 33.1 Å². The standard InChI is InChI=1S/C24H24F2N2O6/c1-5-34-23(30)18-13-27(16-9-10-19(32-3)20(11-16)33-4)24(31)28(22(18)29)12-15-7-6-8-17(14(15)2)21(25)26/h6-11,13,21H,5,12H2,1-4H3. The summed E-state index contributed by atoms with van der Waals surface area (Å²) in [4.78, 5) is 39.0. The summed E-state index contributed by atoms with van der Waals surface area (Å²) in [6.45, 7) is 2.78. The van der Waals surface area contributed by atoms with E-state index < -0.39 is 23.6 Å². The number of alkyl halides is 2. The molecule has 0 atom stereocenters. The molecule has 0 amide bonds. The number of nitrogens with zero attached hydrogens (tertiary/aromatic N) is 2. The molecule has 0 aliphatic heterocycles. The summed E-state index contributed by atoms with van der Waals surface area (Å²) in [5.74, 6) is -0.172. The molecule has 0 radical (unpaired) electrons. The van der Waals surface area contributed by atoms with Crippen LogP contribution >= 0.6 is 0 Å². The number of carbonyl (C=O) groups is 1. The van der Waals surface area contributed by atoms with E-state index in [-0.39, 0.29) is 29.8 Å². The van der Waals surface area contributed by atoms with Gasteiger partial charge in [0.15, 0.2) is 11.5 Å². The Morgan fingerprint density at radius 2 is 1.76 bits per heavy atom. The first-order valence-electron chi connectivity index (χ1n) is 10.4. The van der Waals surface area contributed by atoms with Gasteiger partial charge in [-0.1, -0.05) is 18.2 Å². The third kappa shape index (κ3) is 4.70. The first-order valence-corrected chi connectivity index (χ1v) is 10.4. The Morgan fingerprint density at radius 1 is 1.06 bits per heavy atom. The van der Waals surface area contributed by atoms with Crippen LogP contribution in [0.3, 0.4) is 0 Å². The molecule has 0 aliphatic rings. The fraction of sp³-hybridized carbons (Fsp3) is 0.292. The maximum Gasteiger partial charge on any atom is 0.345 e. The van der Waals surface area contributed by atoms with Crippen molar-refractivity contribution in [3.8, 4) is 17.2 Å². The summed E-state index contributed by atoms with van der Waals surface area (Å²) in [5.41, 5.74) is -1.35. The van der Waals surface area contributed by atoms with Gasteiger partial charge in [0, 0.05) is 17.8 Å². The molecule has 3 aromatic rings. The van der Waals surface area contributed by atoms with Gasteiger partial charge in [-0.3, -0.25) is 13.9 Å². The summed E-state index contributed by atoms with van der Waals surface area (Å²) in [6, 6.07) is 8.88. The van der Waals surface area contributed by atoms with Gasteiger partial charge in [-0.25, -0.2) is 18.4 Å². The van der Waals surface area contributed by atoms with Crippen LogP contribution in [-0.4, -0.2) is 35.9 Å². The minimum absolute atomic E-state index is 0.0172. The summed E-state index contributed by atoms with van der Waals surface area (Å²) >= 11 is 0. The second-order valence-electron chi connectivity index (χ2n) is 7.28. The first kappa shape index (κ1) is 24.7. The van der Waals surface area contributed by atoms with E-state index in [4.69, 9.17) is 14.2 Å². The van der Waals surface area contributed by atoms with Crippen LogP contribution in [0.5, 0.6) is 11.5 Å². The van der Waals surface area contributed by atoms with E-state index >= 15 is 0 Å². The van der Waals surface area contributed by atoms with Crippen LogP contribution in [0, 0.1) is 6.92 Å². The highest BCUT2D eigenvalue weighted by Crippen LogP contribution is 2.29. The minimum Gasteiger partial charge on any atom is -0.493 e. The van der Waals surface area contributed by atoms with Crippen LogP contribution in [0.1, 0.15) is 40.4 Å². The topological polar surface area (TPSA) is 88.8 Å². The molecule has 2 aromatic carbocycles. The summed E-state index contributed by atoms with van der Waals surface area (Å²) in [7, 11) is 2.88. The minimum atomic E-state index is -2.72. The SMILES string of the molecule is CCOC(=O)c1cn(-c2ccc(OC)c(OC)c2)c(=O)n(Cc2cccc(C(F)F)c2C)c1=O. The van der Waals surface area contributed by atoms with Crippen LogP contribution in [-0.2, 0) is 11.3 Å². The number of hydrogen-bond donors (Lipinski definition) is 0. The van der Waals surface area contributed by atoms with Crippen molar-refractivity contribution in [2.75, 3.05) is 20.8 Å². The van der Waals surface area contributed by atoms with Gasteiger partial charge in [0.25, 0.3) is 12.0 Å². The fourth-order valence-corrected chi connectivity index (χ4v) is 3.53. The molecule has 1 heterocycles. The van der Waals surface area contributed by atoms with Gasteiger partial charge in [0.1, 0.15) is 5.56 Å². The van der Waals surface area contributed by atoms with E-state index in [0.29, 0.717) is 22.7 Å². The highest BCUT2D eigenvalue weighted by Gasteiger charge is 2.21. The number of carbonyl (C=O) groups excluding carboxylic acids is 1. The van der Waals surface area contributed by atoms with Crippen LogP contribution in [0.2, 0.25) is 0 Å². The van der Waals surface area contributed by atoms with Crippen molar-refractivity contribution in [3.05, 3.63) is 85.7 Å². The van der Waals surface area contributed by atoms with E-state index in [2.05, 4.69) is 0 Å². The molecule has 0 unspecified atom stereocenters. The van der Waals surface area contributed by atoms with Gasteiger partial charge in [-0.05, 0) is 37.1 Å². The maximum atomic E-state index is 13.4. The van der Waals surface area contributed by atoms with Crippen molar-refractivity contribution >= 4 is 5.97 Å². The molecule has 0 bridgehead atoms. The smallest absolute Gasteiger partial charge is 0.345 e. The van der Waals surface area contributed by atoms with Crippen molar-refractivity contribution in [1.82, 2.24) is 9.13 Å². The quantitative estimate of drug-likeness (QED) is 0.465. The van der Waals surface area contributed by atoms with E-state index in [9.17, 15) is 23.2 Å². The Balaban J connectivity index is 2.26. The van der Waals surface area contributed by atoms with Gasteiger partial charge >= 0.3 is 11.7 Å². The molecule has 34 heavy (non-hydrogen) atoms. The predicted molar refractivity (Wildman–Crippen MR) is 121 cm³/mol. The lowest BCUT2D eigenvalue weighted by atomic mass is 10.0. The molecule has 10 heteroatoms. The molecule has 0 saturated heterocycles. The summed E-state index contributed by atoms with van der Waals surface area (Å²) in [6.07, 6.45) is -1.62. The van der Waals surface area contributed by atoms with Gasteiger partial charge in [0.2, 0.25) is 0 Å². The lowest BCUT2D eigenvalue weighted by Crippen LogP contribution is -2.42. The zero-order valence-electron chi connectivity index (χ0n) is 19.1. The van der Waals surface area contributed by atoms with Crippen molar-refractivity contribution in [3.63, 3.8) is 0 Å². The number of methoxy groups -OCH3 is 2. The van der Waals surface area contributed by atoms with Crippen LogP contribution < -0.4 is 20.7 Å². The summed E-state index contributed by atoms with van der Waals surface area (Å²) in [5, 5.41) is 0. The Bertz CT molecular complexity index is 1330. The Kier molecular flexibility index (Phi) is 7.50. The molecular formula is C24H24F2N2O6. The van der Waals surface area contributed by atoms with E-state index in [1.54, 1.807) is 25.1 Å². The third-order valence-corrected chi connectivity index (χ3v) is 5.36. The number of halogens is 2. The second-order valence-corrected chi connectivity index (χ2v) is 7.28. The van der Waals surface area contributed by atoms with Gasteiger partial charge in [-0.15, -0.1) is 0 Å². The summed E-state index contributed by atoms with van der Waals surface area (Å²) < 4.78 is 44.1. The number of ether oxygens (including phenoxy) is 3. The number of rotatable bonds is 8. The lowest BCUT2D eigenvalue weighted by Gasteiger charge is -2.16. The van der Waals surface area contributed by atoms with E-state index in [1.807, 2.05) is 0 Å². The van der Waals surface area contributed by atoms with Crippen LogP contribution in [0.25, 0.3) is 5.69 Å². The van der Waals surface area contributed by atoms with Crippen LogP contribution in [0.15, 0.2) is 52.2 Å². The number of esters is 1. The van der Waals surface area contributed by atoms with Crippen molar-refractivity contribution in [2.24, 2.45) is 0 Å². The highest BCUT2D eigenvalue weighted by atomic mass is 19.3. The zero-order chi connectivity index (χ0) is 25.0. The third-order valence-electron chi connectivity index (χ3n) is 5.36. The monoisotopic (exact) mass is 474 g/mol. The highest BCUT2D eigenvalue weighted by molar-refractivity contribution is 5.88. The first-order chi connectivity index (χ1) is 16.2. The van der Waals surface area contributed by atoms with E-state index in [0.717, 1.165) is 15.3 Å². The second kappa shape index (κ2) is 10.3. The van der Waals surface area contributed by atoms with Crippen molar-refractivity contribution in [1.29, 1.82) is 0 Å². The molecule has 0 aliphatic carbocycles. The lowest BCUT2D eigenvalue weighted by molar-refractivity contribution is 0.0522. The molecular weight excluding hydrogens is 450 g/mol. The van der Waals surface area contributed by atoms with Crippen molar-refractivity contribution < 1.29 is 27.8 Å². The van der Waals surface area contributed by atoms with Gasteiger partial charge in [-0.2, -0.15) is 0 Å². The van der Waals surface area contributed by atoms with Crippen LogP contribution in [0.4, 0.5) is 8.78 Å². The molecule has 0 N–H and O–H groups in total. The maximum absolute atomic E-state index is 13.4. The normalized spacial score (nSPS) is 10.9. The largest absolute Gasteiger partial charge is 0.493 e. The van der Waals surface area contributed by atoms with E-state index in [1.165, 1.54) is 39.3 Å². The molecule has 0 fully saturated rings. The number of benzene rings is 2. The van der Waals surface area contributed by atoms with Gasteiger partial charge < -0.3 is 14.2 Å². The fourth-order valence-electron chi connectivity index (χ4n) is 3.53. The Hall–Kier alpha value is -3.95. The Morgan fingerprint density at radius 3 is 2.38 bits per heavy atom. The molecule has 180 valence electrons. The van der Waals surface area contributed by atoms with Crippen molar-refractivity contribution in [2.45, 2.75) is 26.8 Å². The molecule has 3 rings (SSSR count). The molecule has 8 nitrogen and oxygen atoms in total. The average molecular weight is 474 g/mol. The predicted octanol–water partition coefficient (Wildman–Crippen LogP) is 3.49. The Labute approximate surface area is 193 Å². The molecule has 0 saturated carbocycles. The molecule has 0 spiro atoms.